The fraction of sp³-hybridized carbons (Fsp3) is 0.211. The van der Waals surface area contributed by atoms with Crippen LogP contribution in [0.3, 0.4) is 0 Å². The number of hydrogen-bond acceptors (Lipinski definition) is 3. The molecule has 2 aromatic rings. The highest BCUT2D eigenvalue weighted by Crippen LogP contribution is 2.31. The van der Waals surface area contributed by atoms with Crippen molar-refractivity contribution in [3.8, 4) is 0 Å². The average molecular weight is 358 g/mol. The summed E-state index contributed by atoms with van der Waals surface area (Å²) in [5.74, 6) is -1.10. The van der Waals surface area contributed by atoms with Crippen LogP contribution in [0.4, 0.5) is 10.1 Å². The SMILES string of the molecule is CCC1C=NC(c2cc(Cl)ccc2F)=CC1C(=O)Nc1cccnc1. The summed E-state index contributed by atoms with van der Waals surface area (Å²) in [5.41, 5.74) is 1.32. The molecule has 3 rings (SSSR count). The molecular formula is C19H17ClFN3O. The monoisotopic (exact) mass is 357 g/mol. The maximum atomic E-state index is 14.1. The lowest BCUT2D eigenvalue weighted by Crippen LogP contribution is -2.30. The average Bonchev–Trinajstić information content (AvgIpc) is 2.64. The van der Waals surface area contributed by atoms with Crippen molar-refractivity contribution < 1.29 is 9.18 Å². The number of hydrogen-bond donors (Lipinski definition) is 1. The van der Waals surface area contributed by atoms with Gasteiger partial charge in [-0.2, -0.15) is 0 Å². The van der Waals surface area contributed by atoms with Crippen molar-refractivity contribution >= 4 is 35.1 Å². The van der Waals surface area contributed by atoms with Gasteiger partial charge in [-0.15, -0.1) is 0 Å². The third kappa shape index (κ3) is 3.94. The van der Waals surface area contributed by atoms with E-state index in [9.17, 15) is 9.18 Å². The van der Waals surface area contributed by atoms with E-state index in [0.717, 1.165) is 6.42 Å². The number of carbonyl (C=O) groups excluding carboxylic acids is 1. The first-order valence-corrected chi connectivity index (χ1v) is 8.38. The Balaban J connectivity index is 1.90. The second-order valence-electron chi connectivity index (χ2n) is 5.78. The highest BCUT2D eigenvalue weighted by molar-refractivity contribution is 6.30. The summed E-state index contributed by atoms with van der Waals surface area (Å²) in [5, 5.41) is 3.26. The summed E-state index contributed by atoms with van der Waals surface area (Å²) < 4.78 is 14.1. The molecule has 1 aliphatic rings. The maximum Gasteiger partial charge on any atom is 0.232 e. The zero-order valence-electron chi connectivity index (χ0n) is 13.6. The van der Waals surface area contributed by atoms with E-state index in [1.165, 1.54) is 18.2 Å². The van der Waals surface area contributed by atoms with Crippen LogP contribution in [0.1, 0.15) is 18.9 Å². The molecule has 128 valence electrons. The van der Waals surface area contributed by atoms with Gasteiger partial charge in [0.25, 0.3) is 0 Å². The molecule has 6 heteroatoms. The van der Waals surface area contributed by atoms with Crippen LogP contribution in [0.15, 0.2) is 53.8 Å². The summed E-state index contributed by atoms with van der Waals surface area (Å²) in [6.07, 6.45) is 7.38. The van der Waals surface area contributed by atoms with E-state index in [-0.39, 0.29) is 17.4 Å². The highest BCUT2D eigenvalue weighted by Gasteiger charge is 2.28. The quantitative estimate of drug-likeness (QED) is 0.870. The number of benzene rings is 1. The predicted octanol–water partition coefficient (Wildman–Crippen LogP) is 4.58. The fourth-order valence-corrected chi connectivity index (χ4v) is 2.92. The van der Waals surface area contributed by atoms with Crippen LogP contribution in [-0.2, 0) is 4.79 Å². The van der Waals surface area contributed by atoms with E-state index in [4.69, 9.17) is 11.6 Å². The summed E-state index contributed by atoms with van der Waals surface area (Å²) >= 11 is 5.97. The Morgan fingerprint density at radius 3 is 2.92 bits per heavy atom. The van der Waals surface area contributed by atoms with Gasteiger partial charge < -0.3 is 5.32 Å². The van der Waals surface area contributed by atoms with Gasteiger partial charge in [-0.05, 0) is 42.8 Å². The van der Waals surface area contributed by atoms with Crippen molar-refractivity contribution in [1.82, 2.24) is 4.98 Å². The summed E-state index contributed by atoms with van der Waals surface area (Å²) in [4.78, 5) is 21.0. The van der Waals surface area contributed by atoms with Crippen LogP contribution in [0.2, 0.25) is 5.02 Å². The topological polar surface area (TPSA) is 54.4 Å². The lowest BCUT2D eigenvalue weighted by Gasteiger charge is -2.24. The molecule has 1 N–H and O–H groups in total. The van der Waals surface area contributed by atoms with Gasteiger partial charge in [0.1, 0.15) is 5.82 Å². The number of aliphatic imine (C=N–C) groups is 1. The Hall–Kier alpha value is -2.53. The number of nitrogens with zero attached hydrogens (tertiary/aromatic N) is 2. The second-order valence-corrected chi connectivity index (χ2v) is 6.22. The van der Waals surface area contributed by atoms with E-state index < -0.39 is 11.7 Å². The minimum absolute atomic E-state index is 0.0531. The molecule has 1 aromatic carbocycles. The lowest BCUT2D eigenvalue weighted by atomic mass is 9.86. The van der Waals surface area contributed by atoms with Crippen LogP contribution in [0.5, 0.6) is 0 Å². The van der Waals surface area contributed by atoms with Gasteiger partial charge in [-0.25, -0.2) is 4.39 Å². The molecule has 2 unspecified atom stereocenters. The van der Waals surface area contributed by atoms with Gasteiger partial charge >= 0.3 is 0 Å². The molecule has 2 heterocycles. The number of pyridine rings is 1. The minimum Gasteiger partial charge on any atom is -0.324 e. The number of amides is 1. The molecule has 0 saturated carbocycles. The van der Waals surface area contributed by atoms with Gasteiger partial charge in [-0.1, -0.05) is 18.5 Å². The third-order valence-corrected chi connectivity index (χ3v) is 4.35. The standard InChI is InChI=1S/C19H17ClFN3O/c1-2-12-10-23-18(16-8-13(20)5-6-17(16)21)9-15(12)19(25)24-14-4-3-7-22-11-14/h3-12,15H,2H2,1H3,(H,24,25). The molecule has 1 amide bonds. The number of anilines is 1. The fourth-order valence-electron chi connectivity index (χ4n) is 2.75. The Morgan fingerprint density at radius 1 is 1.36 bits per heavy atom. The van der Waals surface area contributed by atoms with Crippen molar-refractivity contribution in [2.45, 2.75) is 13.3 Å². The van der Waals surface area contributed by atoms with Gasteiger partial charge in [0.2, 0.25) is 5.91 Å². The van der Waals surface area contributed by atoms with Crippen molar-refractivity contribution in [2.24, 2.45) is 16.8 Å². The molecule has 4 nitrogen and oxygen atoms in total. The van der Waals surface area contributed by atoms with Gasteiger partial charge in [0, 0.05) is 28.9 Å². The first-order valence-electron chi connectivity index (χ1n) is 8.01. The van der Waals surface area contributed by atoms with E-state index in [1.807, 2.05) is 6.92 Å². The minimum atomic E-state index is -0.448. The van der Waals surface area contributed by atoms with E-state index in [2.05, 4.69) is 15.3 Å². The van der Waals surface area contributed by atoms with Gasteiger partial charge in [0.05, 0.1) is 23.5 Å². The third-order valence-electron chi connectivity index (χ3n) is 4.11. The molecule has 0 spiro atoms. The van der Waals surface area contributed by atoms with Crippen LogP contribution >= 0.6 is 11.6 Å². The summed E-state index contributed by atoms with van der Waals surface area (Å²) in [7, 11) is 0. The normalized spacial score (nSPS) is 19.4. The van der Waals surface area contributed by atoms with Crippen LogP contribution in [0.25, 0.3) is 5.70 Å². The van der Waals surface area contributed by atoms with Crippen molar-refractivity contribution in [1.29, 1.82) is 0 Å². The van der Waals surface area contributed by atoms with Crippen molar-refractivity contribution in [3.05, 3.63) is 65.2 Å². The number of nitrogens with one attached hydrogen (secondary N) is 1. The predicted molar refractivity (Wildman–Crippen MR) is 98.0 cm³/mol. The molecule has 0 bridgehead atoms. The summed E-state index contributed by atoms with van der Waals surface area (Å²) in [6, 6.07) is 7.81. The molecule has 25 heavy (non-hydrogen) atoms. The number of carbonyl (C=O) groups is 1. The van der Waals surface area contributed by atoms with Crippen molar-refractivity contribution in [3.63, 3.8) is 0 Å². The van der Waals surface area contributed by atoms with Crippen molar-refractivity contribution in [2.75, 3.05) is 5.32 Å². The molecule has 1 aliphatic heterocycles. The maximum absolute atomic E-state index is 14.1. The second kappa shape index (κ2) is 7.57. The molecular weight excluding hydrogens is 341 g/mol. The zero-order chi connectivity index (χ0) is 17.8. The smallest absolute Gasteiger partial charge is 0.232 e. The Kier molecular flexibility index (Phi) is 5.24. The zero-order valence-corrected chi connectivity index (χ0v) is 14.4. The highest BCUT2D eigenvalue weighted by atomic mass is 35.5. The van der Waals surface area contributed by atoms with Crippen LogP contribution in [-0.4, -0.2) is 17.1 Å². The first kappa shape index (κ1) is 17.3. The Labute approximate surface area is 150 Å². The molecule has 0 aliphatic carbocycles. The molecule has 0 fully saturated rings. The number of rotatable bonds is 4. The Morgan fingerprint density at radius 2 is 2.20 bits per heavy atom. The van der Waals surface area contributed by atoms with Gasteiger partial charge in [0.15, 0.2) is 0 Å². The van der Waals surface area contributed by atoms with Crippen LogP contribution < -0.4 is 5.32 Å². The number of halogens is 2. The van der Waals surface area contributed by atoms with Crippen LogP contribution in [0, 0.1) is 17.7 Å². The Bertz CT molecular complexity index is 836. The van der Waals surface area contributed by atoms with E-state index in [1.54, 1.807) is 36.8 Å². The molecule has 1 aromatic heterocycles. The number of aromatic nitrogens is 1. The molecule has 2 atom stereocenters. The molecule has 0 saturated heterocycles. The van der Waals surface area contributed by atoms with E-state index in [0.29, 0.717) is 16.4 Å². The summed E-state index contributed by atoms with van der Waals surface area (Å²) in [6.45, 7) is 1.99. The van der Waals surface area contributed by atoms with Gasteiger partial charge in [-0.3, -0.25) is 14.8 Å². The molecule has 0 radical (unpaired) electrons. The van der Waals surface area contributed by atoms with E-state index >= 15 is 0 Å². The lowest BCUT2D eigenvalue weighted by molar-refractivity contribution is -0.119. The first-order chi connectivity index (χ1) is 12.1. The largest absolute Gasteiger partial charge is 0.324 e.